The molecular weight excluding hydrogens is 657 g/mol. The van der Waals surface area contributed by atoms with E-state index in [0.717, 1.165) is 26.0 Å². The average molecular weight is 686 g/mol. The van der Waals surface area contributed by atoms with E-state index in [1.54, 1.807) is 0 Å². The summed E-state index contributed by atoms with van der Waals surface area (Å²) >= 11 is 5.08. The first-order chi connectivity index (χ1) is 21.1. The van der Waals surface area contributed by atoms with E-state index in [1.165, 1.54) is 25.1 Å². The number of thiol groups is 1. The van der Waals surface area contributed by atoms with Crippen LogP contribution < -0.4 is 20.7 Å². The third-order valence-electron chi connectivity index (χ3n) is 5.61. The van der Waals surface area contributed by atoms with E-state index < -0.39 is 69.7 Å². The highest BCUT2D eigenvalue weighted by atomic mass is 32.2. The van der Waals surface area contributed by atoms with Crippen LogP contribution in [0.3, 0.4) is 0 Å². The van der Waals surface area contributed by atoms with Gasteiger partial charge in [-0.15, -0.1) is 0 Å². The standard InChI is InChI=1S/C28H29F2N3O9S3/c1-13(34)31-21(10-43)26(39)42-24-7-4-16(18-6-5-17(29)9-20(18)30)8-19(24)27(40)44-12-23(33-15(3)36)28(41)45-11-22(25(37)38)32-14(2)35/h4-9,21-23,43H,10-12H2,1-3H3,(H,31,34)(H,32,35)(H,33,36)(H,37,38). The van der Waals surface area contributed by atoms with Gasteiger partial charge in [-0.05, 0) is 29.8 Å². The van der Waals surface area contributed by atoms with Gasteiger partial charge in [-0.3, -0.25) is 24.0 Å². The molecule has 0 fully saturated rings. The number of hydrogen-bond acceptors (Lipinski definition) is 11. The number of amides is 3. The van der Waals surface area contributed by atoms with Gasteiger partial charge < -0.3 is 25.8 Å². The summed E-state index contributed by atoms with van der Waals surface area (Å²) in [6.07, 6.45) is 0. The minimum atomic E-state index is -1.39. The Morgan fingerprint density at radius 1 is 0.822 bits per heavy atom. The van der Waals surface area contributed by atoms with Crippen molar-refractivity contribution in [2.45, 2.75) is 38.9 Å². The Labute approximate surface area is 270 Å². The summed E-state index contributed by atoms with van der Waals surface area (Å²) in [6.45, 7) is 3.41. The first-order valence-corrected chi connectivity index (χ1v) is 15.5. The normalized spacial score (nSPS) is 12.7. The smallest absolute Gasteiger partial charge is 0.334 e. The van der Waals surface area contributed by atoms with Crippen LogP contribution in [-0.2, 0) is 28.8 Å². The van der Waals surface area contributed by atoms with Gasteiger partial charge in [0, 0.05) is 49.7 Å². The van der Waals surface area contributed by atoms with Crippen LogP contribution >= 0.6 is 36.2 Å². The van der Waals surface area contributed by atoms with Crippen LogP contribution in [0, 0.1) is 11.6 Å². The second-order valence-corrected chi connectivity index (χ2v) is 11.6. The molecule has 2 aromatic rings. The topological polar surface area (TPSA) is 185 Å². The predicted molar refractivity (Wildman–Crippen MR) is 166 cm³/mol. The Morgan fingerprint density at radius 3 is 1.96 bits per heavy atom. The second kappa shape index (κ2) is 17.5. The number of carboxylic acid groups (broad SMARTS) is 1. The number of ether oxygens (including phenoxy) is 1. The molecule has 2 aromatic carbocycles. The van der Waals surface area contributed by atoms with Crippen molar-refractivity contribution < 1.29 is 52.2 Å². The molecule has 45 heavy (non-hydrogen) atoms. The first kappa shape index (κ1) is 37.2. The van der Waals surface area contributed by atoms with E-state index in [4.69, 9.17) is 4.74 Å². The summed E-state index contributed by atoms with van der Waals surface area (Å²) < 4.78 is 33.4. The highest BCUT2D eigenvalue weighted by Crippen LogP contribution is 2.32. The van der Waals surface area contributed by atoms with Gasteiger partial charge >= 0.3 is 11.9 Å². The zero-order chi connectivity index (χ0) is 33.8. The molecule has 17 heteroatoms. The van der Waals surface area contributed by atoms with Crippen molar-refractivity contribution in [2.75, 3.05) is 17.3 Å². The van der Waals surface area contributed by atoms with Gasteiger partial charge in [0.25, 0.3) is 0 Å². The molecule has 0 saturated heterocycles. The molecule has 2 rings (SSSR count). The van der Waals surface area contributed by atoms with Crippen molar-refractivity contribution in [1.29, 1.82) is 0 Å². The summed E-state index contributed by atoms with van der Waals surface area (Å²) in [4.78, 5) is 85.0. The fourth-order valence-corrected chi connectivity index (χ4v) is 5.72. The van der Waals surface area contributed by atoms with Crippen molar-refractivity contribution in [3.63, 3.8) is 0 Å². The van der Waals surface area contributed by atoms with Gasteiger partial charge in [-0.2, -0.15) is 12.6 Å². The summed E-state index contributed by atoms with van der Waals surface area (Å²) in [5.41, 5.74) is -0.213. The van der Waals surface area contributed by atoms with Crippen LogP contribution in [0.25, 0.3) is 11.1 Å². The number of carboxylic acids is 1. The van der Waals surface area contributed by atoms with Crippen LogP contribution in [0.15, 0.2) is 36.4 Å². The van der Waals surface area contributed by atoms with Crippen molar-refractivity contribution in [2.24, 2.45) is 0 Å². The number of benzene rings is 2. The highest BCUT2D eigenvalue weighted by molar-refractivity contribution is 8.15. The van der Waals surface area contributed by atoms with Crippen molar-refractivity contribution in [3.8, 4) is 16.9 Å². The molecule has 242 valence electrons. The largest absolute Gasteiger partial charge is 0.480 e. The van der Waals surface area contributed by atoms with Crippen molar-refractivity contribution >= 4 is 76.0 Å². The molecule has 0 aliphatic carbocycles. The molecule has 0 aliphatic rings. The van der Waals surface area contributed by atoms with E-state index in [-0.39, 0.29) is 39.7 Å². The second-order valence-electron chi connectivity index (χ2n) is 9.26. The summed E-state index contributed by atoms with van der Waals surface area (Å²) in [7, 11) is 0. The number of thioether (sulfide) groups is 2. The lowest BCUT2D eigenvalue weighted by Crippen LogP contribution is -2.44. The molecule has 0 saturated carbocycles. The van der Waals surface area contributed by atoms with Crippen LogP contribution in [-0.4, -0.2) is 80.4 Å². The highest BCUT2D eigenvalue weighted by Gasteiger charge is 2.28. The maximum atomic E-state index is 14.6. The van der Waals surface area contributed by atoms with E-state index in [1.807, 2.05) is 0 Å². The number of hydrogen-bond donors (Lipinski definition) is 5. The molecule has 0 aliphatic heterocycles. The molecule has 0 radical (unpaired) electrons. The first-order valence-electron chi connectivity index (χ1n) is 12.9. The Hall–Kier alpha value is -3.96. The minimum Gasteiger partial charge on any atom is -0.480 e. The SMILES string of the molecule is CC(=O)NC(CSC(=O)C(CSC(=O)c1cc(-c2ccc(F)cc2F)ccc1OC(=O)C(CS)NC(C)=O)NC(C)=O)C(=O)O. The third kappa shape index (κ3) is 11.8. The number of rotatable bonds is 14. The lowest BCUT2D eigenvalue weighted by molar-refractivity contribution is -0.140. The molecule has 0 aromatic heterocycles. The number of nitrogens with one attached hydrogen (secondary N) is 3. The van der Waals surface area contributed by atoms with Crippen molar-refractivity contribution in [3.05, 3.63) is 53.6 Å². The maximum Gasteiger partial charge on any atom is 0.334 e. The zero-order valence-corrected chi connectivity index (χ0v) is 26.6. The van der Waals surface area contributed by atoms with E-state index in [9.17, 15) is 47.4 Å². The van der Waals surface area contributed by atoms with Gasteiger partial charge in [0.15, 0.2) is 0 Å². The monoisotopic (exact) mass is 685 g/mol. The molecule has 0 heterocycles. The zero-order valence-electron chi connectivity index (χ0n) is 24.1. The number of esters is 1. The number of halogens is 2. The Morgan fingerprint density at radius 2 is 1.40 bits per heavy atom. The molecule has 3 atom stereocenters. The van der Waals surface area contributed by atoms with E-state index in [0.29, 0.717) is 29.6 Å². The lowest BCUT2D eigenvalue weighted by atomic mass is 10.0. The number of carbonyl (C=O) groups excluding carboxylic acids is 6. The predicted octanol–water partition coefficient (Wildman–Crippen LogP) is 2.20. The molecule has 3 amide bonds. The summed E-state index contributed by atoms with van der Waals surface area (Å²) in [6, 6.07) is 2.66. The number of aliphatic carboxylic acids is 1. The van der Waals surface area contributed by atoms with Crippen molar-refractivity contribution in [1.82, 2.24) is 16.0 Å². The average Bonchev–Trinajstić information content (AvgIpc) is 2.95. The quantitative estimate of drug-likeness (QED) is 0.112. The lowest BCUT2D eigenvalue weighted by Gasteiger charge is -2.18. The fraction of sp³-hybridized carbons (Fsp3) is 0.321. The number of carbonyl (C=O) groups is 7. The Kier molecular flexibility index (Phi) is 14.5. The van der Waals surface area contributed by atoms with Crippen LogP contribution in [0.5, 0.6) is 5.75 Å². The fourth-order valence-electron chi connectivity index (χ4n) is 3.61. The molecular formula is C28H29F2N3O9S3. The van der Waals surface area contributed by atoms with Gasteiger partial charge in [0.05, 0.1) is 5.56 Å². The molecule has 3 unspecified atom stereocenters. The van der Waals surface area contributed by atoms with Crippen LogP contribution in [0.1, 0.15) is 31.1 Å². The van der Waals surface area contributed by atoms with Crippen LogP contribution in [0.2, 0.25) is 0 Å². The molecule has 12 nitrogen and oxygen atoms in total. The molecule has 0 bridgehead atoms. The Balaban J connectivity index is 2.38. The third-order valence-corrected chi connectivity index (χ3v) is 8.02. The van der Waals surface area contributed by atoms with Gasteiger partial charge in [0.2, 0.25) is 28.0 Å². The molecule has 0 spiro atoms. The van der Waals surface area contributed by atoms with Crippen LogP contribution in [0.4, 0.5) is 8.78 Å². The summed E-state index contributed by atoms with van der Waals surface area (Å²) in [5.74, 6) is -7.05. The van der Waals surface area contributed by atoms with E-state index >= 15 is 0 Å². The van der Waals surface area contributed by atoms with Gasteiger partial charge in [0.1, 0.15) is 35.5 Å². The van der Waals surface area contributed by atoms with Gasteiger partial charge in [-0.25, -0.2) is 18.4 Å². The Bertz CT molecular complexity index is 1490. The van der Waals surface area contributed by atoms with E-state index in [2.05, 4.69) is 28.6 Å². The summed E-state index contributed by atoms with van der Waals surface area (Å²) in [5, 5.41) is 14.7. The minimum absolute atomic E-state index is 0.0744. The molecule has 4 N–H and O–H groups in total. The maximum absolute atomic E-state index is 14.6. The van der Waals surface area contributed by atoms with Gasteiger partial charge in [-0.1, -0.05) is 29.6 Å².